The Balaban J connectivity index is 0.000000200. The molecule has 0 saturated carbocycles. The molecule has 0 fully saturated rings. The summed E-state index contributed by atoms with van der Waals surface area (Å²) in [5, 5.41) is 23.7. The number of alkyl halides is 6. The lowest BCUT2D eigenvalue weighted by Gasteiger charge is -2.07. The average molecular weight is 865 g/mol. The first-order chi connectivity index (χ1) is 26.2. The van der Waals surface area contributed by atoms with E-state index in [0.717, 1.165) is 27.6 Å². The van der Waals surface area contributed by atoms with E-state index < -0.39 is 60.7 Å². The zero-order valence-corrected chi connectivity index (χ0v) is 30.0. The van der Waals surface area contributed by atoms with Crippen LogP contribution in [0.5, 0.6) is 12.0 Å². The van der Waals surface area contributed by atoms with Crippen molar-refractivity contribution < 1.29 is 63.4 Å². The van der Waals surface area contributed by atoms with Gasteiger partial charge in [0.15, 0.2) is 11.4 Å². The zero-order chi connectivity index (χ0) is 41.4. The van der Waals surface area contributed by atoms with E-state index in [1.54, 1.807) is 0 Å². The maximum absolute atomic E-state index is 13.5. The Morgan fingerprint density at radius 2 is 1.04 bits per heavy atom. The summed E-state index contributed by atoms with van der Waals surface area (Å²) in [4.78, 5) is 15.3. The normalized spacial score (nSPS) is 11.3. The maximum atomic E-state index is 13.5. The van der Waals surface area contributed by atoms with Crippen LogP contribution in [0.25, 0.3) is 11.3 Å². The molecule has 0 aliphatic carbocycles. The molecule has 0 spiro atoms. The van der Waals surface area contributed by atoms with Gasteiger partial charge in [0, 0.05) is 44.4 Å². The van der Waals surface area contributed by atoms with Gasteiger partial charge in [-0.25, -0.2) is 37.5 Å². The molecule has 24 heteroatoms. The predicted molar refractivity (Wildman–Crippen MR) is 178 cm³/mol. The van der Waals surface area contributed by atoms with Crippen LogP contribution in [0, 0.1) is 23.3 Å². The fraction of sp³-hybridized carbons (Fsp3) is 0.188. The summed E-state index contributed by atoms with van der Waals surface area (Å²) in [5.41, 5.74) is -2.46. The predicted octanol–water partition coefficient (Wildman–Crippen LogP) is 5.97. The van der Waals surface area contributed by atoms with Crippen molar-refractivity contribution in [2.75, 3.05) is 0 Å². The molecular weight excluding hydrogens is 841 g/mol. The molecule has 0 atom stereocenters. The highest BCUT2D eigenvalue weighted by atomic mass is 79.9. The first-order valence-electron chi connectivity index (χ1n) is 15.2. The van der Waals surface area contributed by atoms with Gasteiger partial charge in [-0.2, -0.15) is 36.5 Å². The number of benzene rings is 2. The molecule has 0 saturated heterocycles. The Morgan fingerprint density at radius 3 is 1.39 bits per heavy atom. The number of ether oxygens (including phenoxy) is 2. The van der Waals surface area contributed by atoms with Gasteiger partial charge in [-0.3, -0.25) is 9.36 Å². The molecule has 4 heterocycles. The summed E-state index contributed by atoms with van der Waals surface area (Å²) in [6.45, 7) is -0.679. The van der Waals surface area contributed by atoms with Gasteiger partial charge >= 0.3 is 31.5 Å². The van der Waals surface area contributed by atoms with Crippen molar-refractivity contribution in [1.82, 2.24) is 39.5 Å². The van der Waals surface area contributed by atoms with Crippen LogP contribution in [0.2, 0.25) is 0 Å². The number of hydrogen-bond donors (Lipinski definition) is 2. The third-order valence-corrected chi connectivity index (χ3v) is 7.39. The fourth-order valence-electron chi connectivity index (χ4n) is 4.25. The van der Waals surface area contributed by atoms with Crippen LogP contribution in [0.1, 0.15) is 22.5 Å². The zero-order valence-electron chi connectivity index (χ0n) is 28.4. The summed E-state index contributed by atoms with van der Waals surface area (Å²) in [7, 11) is 0.605. The second-order valence-corrected chi connectivity index (χ2v) is 11.8. The summed E-state index contributed by atoms with van der Waals surface area (Å²) in [5.74, 6) is -2.84. The number of hydrogen-bond acceptors (Lipinski definition) is 10. The van der Waals surface area contributed by atoms with Crippen molar-refractivity contribution in [1.29, 1.82) is 0 Å². The summed E-state index contributed by atoms with van der Waals surface area (Å²) >= 11 is 3.16. The van der Waals surface area contributed by atoms with E-state index in [1.807, 2.05) is 0 Å². The molecule has 0 aliphatic rings. The van der Waals surface area contributed by atoms with Crippen LogP contribution in [0.4, 0.5) is 43.9 Å². The number of halogens is 11. The maximum Gasteiger partial charge on any atom is 0.507 e. The topological polar surface area (TPSA) is 146 Å². The first-order valence-corrected chi connectivity index (χ1v) is 16.0. The Labute approximate surface area is 317 Å². The first kappa shape index (κ1) is 43.1. The van der Waals surface area contributed by atoms with Gasteiger partial charge in [-0.1, -0.05) is 12.1 Å². The average Bonchev–Trinajstić information content (AvgIpc) is 3.73. The van der Waals surface area contributed by atoms with E-state index in [9.17, 15) is 43.9 Å². The third-order valence-electron chi connectivity index (χ3n) is 6.98. The van der Waals surface area contributed by atoms with Crippen LogP contribution in [-0.2, 0) is 39.7 Å². The van der Waals surface area contributed by atoms with E-state index in [4.69, 9.17) is 19.5 Å². The SMILES string of the molecule is Cn1nc(C(F)(F)F)cc1-c1cnc(OCc2c(F)cccc2F)nc1.Cn1nc(C(F)(F)F)cc1B(O)O.Fc1cccc(F)c1COc1ncc(Br)cn1. The number of aromatic nitrogens is 8. The highest BCUT2D eigenvalue weighted by Crippen LogP contribution is 2.31. The van der Waals surface area contributed by atoms with Crippen LogP contribution in [0.3, 0.4) is 0 Å². The van der Waals surface area contributed by atoms with Gasteiger partial charge in [0.1, 0.15) is 36.5 Å². The van der Waals surface area contributed by atoms with Crippen molar-refractivity contribution in [2.24, 2.45) is 14.1 Å². The standard InChI is InChI=1S/C16H11F5N4O.C11H7BrF2N2O.C5H6BF3N2O2/c1-25-13(5-14(24-25)16(19,20)21)9-6-22-15(23-7-9)26-8-10-11(17)3-2-4-12(10)18;12-7-4-15-11(16-5-7)17-6-8-9(13)2-1-3-10(8)14;1-11-4(6(12)13)2-3(10-11)5(7,8)9/h2-7H,8H2,1H3;1-5H,6H2;2,12-13H,1H3. The summed E-state index contributed by atoms with van der Waals surface area (Å²) in [6.07, 6.45) is -3.69. The largest absolute Gasteiger partial charge is 0.507 e. The molecule has 6 aromatic rings. The molecule has 0 aliphatic heterocycles. The molecule has 0 amide bonds. The van der Waals surface area contributed by atoms with Crippen LogP contribution in [0.15, 0.2) is 77.8 Å². The third kappa shape index (κ3) is 11.7. The molecule has 0 bridgehead atoms. The smallest absolute Gasteiger partial charge is 0.458 e. The molecule has 0 radical (unpaired) electrons. The minimum absolute atomic E-state index is 0.0656. The van der Waals surface area contributed by atoms with Gasteiger partial charge in [0.05, 0.1) is 26.9 Å². The second kappa shape index (κ2) is 18.3. The van der Waals surface area contributed by atoms with Crippen molar-refractivity contribution >= 4 is 28.6 Å². The Bertz CT molecular complexity index is 2180. The lowest BCUT2D eigenvalue weighted by atomic mass is 9.86. The molecule has 4 aromatic heterocycles. The molecule has 2 aromatic carbocycles. The van der Waals surface area contributed by atoms with E-state index in [2.05, 4.69) is 46.1 Å². The molecule has 0 unspecified atom stereocenters. The van der Waals surface area contributed by atoms with Crippen molar-refractivity contribution in [3.8, 4) is 23.3 Å². The molecular formula is C32H24BBrF10N8O4. The minimum Gasteiger partial charge on any atom is -0.458 e. The van der Waals surface area contributed by atoms with Gasteiger partial charge in [0.2, 0.25) is 0 Å². The molecule has 296 valence electrons. The minimum atomic E-state index is -4.57. The van der Waals surface area contributed by atoms with E-state index >= 15 is 0 Å². The van der Waals surface area contributed by atoms with Crippen molar-refractivity contribution in [2.45, 2.75) is 25.6 Å². The van der Waals surface area contributed by atoms with Gasteiger partial charge in [0.25, 0.3) is 0 Å². The fourth-order valence-corrected chi connectivity index (χ4v) is 4.45. The van der Waals surface area contributed by atoms with Crippen molar-refractivity contribution in [3.63, 3.8) is 0 Å². The van der Waals surface area contributed by atoms with Crippen molar-refractivity contribution in [3.05, 3.63) is 124 Å². The van der Waals surface area contributed by atoms with Gasteiger partial charge in [-0.05, 0) is 52.3 Å². The molecule has 2 N–H and O–H groups in total. The molecule has 6 rings (SSSR count). The monoisotopic (exact) mass is 864 g/mol. The summed E-state index contributed by atoms with van der Waals surface area (Å²) in [6, 6.07) is 8.39. The quantitative estimate of drug-likeness (QED) is 0.139. The van der Waals surface area contributed by atoms with Crippen LogP contribution in [-0.4, -0.2) is 56.7 Å². The van der Waals surface area contributed by atoms with E-state index in [-0.39, 0.29) is 46.6 Å². The lowest BCUT2D eigenvalue weighted by molar-refractivity contribution is -0.142. The highest BCUT2D eigenvalue weighted by molar-refractivity contribution is 9.10. The molecule has 56 heavy (non-hydrogen) atoms. The second-order valence-electron chi connectivity index (χ2n) is 10.9. The Kier molecular flexibility index (Phi) is 14.1. The van der Waals surface area contributed by atoms with E-state index in [0.29, 0.717) is 10.5 Å². The Morgan fingerprint density at radius 1 is 0.643 bits per heavy atom. The number of aryl methyl sites for hydroxylation is 2. The highest BCUT2D eigenvalue weighted by Gasteiger charge is 2.36. The van der Waals surface area contributed by atoms with Gasteiger partial charge < -0.3 is 19.5 Å². The number of rotatable bonds is 8. The van der Waals surface area contributed by atoms with Gasteiger partial charge in [-0.15, -0.1) is 0 Å². The van der Waals surface area contributed by atoms with Crippen LogP contribution >= 0.6 is 15.9 Å². The Hall–Kier alpha value is -5.62. The molecule has 12 nitrogen and oxygen atoms in total. The summed E-state index contributed by atoms with van der Waals surface area (Å²) < 4.78 is 140. The van der Waals surface area contributed by atoms with Crippen LogP contribution < -0.4 is 15.1 Å². The van der Waals surface area contributed by atoms with E-state index in [1.165, 1.54) is 63.1 Å². The lowest BCUT2D eigenvalue weighted by Crippen LogP contribution is -2.35. The number of nitrogens with zero attached hydrogens (tertiary/aromatic N) is 8.